The largest absolute Gasteiger partial charge is 0.487 e. The smallest absolute Gasteiger partial charge is 0.338 e. The average molecular weight is 465 g/mol. The Balaban J connectivity index is 1.98. The molecule has 0 bridgehead atoms. The number of esters is 1. The monoisotopic (exact) mass is 464 g/mol. The number of urea groups is 1. The molecule has 0 spiro atoms. The summed E-state index contributed by atoms with van der Waals surface area (Å²) in [6, 6.07) is 14.9. The lowest BCUT2D eigenvalue weighted by Gasteiger charge is -2.34. The Morgan fingerprint density at radius 2 is 1.68 bits per heavy atom. The van der Waals surface area contributed by atoms with Gasteiger partial charge in [-0.15, -0.1) is 0 Å². The molecule has 6 nitrogen and oxygen atoms in total. The van der Waals surface area contributed by atoms with Crippen LogP contribution in [0.25, 0.3) is 0 Å². The molecule has 1 aliphatic rings. The molecule has 2 aromatic rings. The highest BCUT2D eigenvalue weighted by molar-refractivity contribution is 5.95. The van der Waals surface area contributed by atoms with E-state index in [1.165, 1.54) is 16.0 Å². The van der Waals surface area contributed by atoms with E-state index in [9.17, 15) is 9.59 Å². The van der Waals surface area contributed by atoms with Crippen LogP contribution < -0.4 is 10.1 Å². The Kier molecular flexibility index (Phi) is 7.70. The summed E-state index contributed by atoms with van der Waals surface area (Å²) in [7, 11) is 1.63. The van der Waals surface area contributed by atoms with Gasteiger partial charge < -0.3 is 14.8 Å². The Morgan fingerprint density at radius 1 is 1.06 bits per heavy atom. The first-order valence-corrected chi connectivity index (χ1v) is 11.8. The van der Waals surface area contributed by atoms with E-state index in [0.717, 1.165) is 5.56 Å². The Morgan fingerprint density at radius 3 is 2.21 bits per heavy atom. The molecule has 0 fully saturated rings. The zero-order chi connectivity index (χ0) is 25.0. The molecule has 0 saturated heterocycles. The molecule has 1 unspecified atom stereocenters. The van der Waals surface area contributed by atoms with Gasteiger partial charge in [-0.3, -0.25) is 4.90 Å². The zero-order valence-electron chi connectivity index (χ0n) is 21.3. The lowest BCUT2D eigenvalue weighted by Crippen LogP contribution is -2.48. The maximum Gasteiger partial charge on any atom is 0.338 e. The Labute approximate surface area is 202 Å². The van der Waals surface area contributed by atoms with Crippen molar-refractivity contribution in [1.29, 1.82) is 0 Å². The van der Waals surface area contributed by atoms with Crippen LogP contribution in [0.3, 0.4) is 0 Å². The van der Waals surface area contributed by atoms with Gasteiger partial charge in [-0.1, -0.05) is 71.0 Å². The number of hydrogen-bond acceptors (Lipinski definition) is 4. The number of rotatable bonds is 7. The van der Waals surface area contributed by atoms with E-state index in [4.69, 9.17) is 9.47 Å². The third kappa shape index (κ3) is 5.61. The van der Waals surface area contributed by atoms with Crippen LogP contribution in [0.2, 0.25) is 0 Å². The fourth-order valence-corrected chi connectivity index (χ4v) is 3.91. The highest BCUT2D eigenvalue weighted by Gasteiger charge is 2.37. The van der Waals surface area contributed by atoms with Crippen LogP contribution in [0.1, 0.15) is 70.2 Å². The highest BCUT2D eigenvalue weighted by Crippen LogP contribution is 2.33. The van der Waals surface area contributed by atoms with E-state index in [1.807, 2.05) is 48.5 Å². The zero-order valence-corrected chi connectivity index (χ0v) is 21.3. The van der Waals surface area contributed by atoms with Crippen LogP contribution >= 0.6 is 0 Å². The molecule has 3 rings (SSSR count). The summed E-state index contributed by atoms with van der Waals surface area (Å²) < 4.78 is 11.4. The third-order valence-electron chi connectivity index (χ3n) is 6.10. The first-order valence-electron chi connectivity index (χ1n) is 11.8. The molecule has 0 aliphatic carbocycles. The van der Waals surface area contributed by atoms with Crippen molar-refractivity contribution >= 4 is 12.0 Å². The number of carbonyl (C=O) groups is 2. The Bertz CT molecular complexity index is 1050. The van der Waals surface area contributed by atoms with Crippen molar-refractivity contribution in [2.24, 2.45) is 0 Å². The molecule has 1 N–H and O–H groups in total. The predicted octanol–water partition coefficient (Wildman–Crippen LogP) is 5.70. The second kappa shape index (κ2) is 10.3. The molecule has 34 heavy (non-hydrogen) atoms. The number of ether oxygens (including phenoxy) is 2. The van der Waals surface area contributed by atoms with Gasteiger partial charge in [0.1, 0.15) is 12.4 Å². The Hall–Kier alpha value is -3.28. The van der Waals surface area contributed by atoms with Crippen LogP contribution in [0, 0.1) is 0 Å². The molecule has 1 atom stereocenters. The van der Waals surface area contributed by atoms with Gasteiger partial charge in [-0.25, -0.2) is 9.59 Å². The number of likely N-dealkylation sites (N-methyl/N-ethyl adjacent to an activating group) is 1. The molecule has 182 valence electrons. The van der Waals surface area contributed by atoms with Crippen molar-refractivity contribution in [3.63, 3.8) is 0 Å². The van der Waals surface area contributed by atoms with Crippen molar-refractivity contribution in [3.8, 4) is 5.75 Å². The summed E-state index contributed by atoms with van der Waals surface area (Å²) in [6.07, 6.45) is 0. The lowest BCUT2D eigenvalue weighted by atomic mass is 9.85. The number of carbonyl (C=O) groups excluding carboxylic acids is 2. The molecule has 2 aromatic carbocycles. The van der Waals surface area contributed by atoms with Gasteiger partial charge in [0.25, 0.3) is 0 Å². The minimum absolute atomic E-state index is 0.00150. The second-order valence-electron chi connectivity index (χ2n) is 9.91. The SMILES string of the molecule is CCOC(=O)C1=C(COc2ccc(C(C)C)cc2)N(C)C(=O)NC1c1ccc(C(C)(C)C)cc1. The molecule has 2 amide bonds. The average Bonchev–Trinajstić information content (AvgIpc) is 2.79. The van der Waals surface area contributed by atoms with Crippen molar-refractivity contribution in [2.75, 3.05) is 20.3 Å². The van der Waals surface area contributed by atoms with Crippen molar-refractivity contribution in [3.05, 3.63) is 76.5 Å². The number of benzene rings is 2. The van der Waals surface area contributed by atoms with Crippen LogP contribution in [0.4, 0.5) is 4.79 Å². The number of hydrogen-bond donors (Lipinski definition) is 1. The topological polar surface area (TPSA) is 67.9 Å². The molecule has 1 heterocycles. The number of nitrogens with one attached hydrogen (secondary N) is 1. The molecule has 0 saturated carbocycles. The van der Waals surface area contributed by atoms with Gasteiger partial charge in [-0.05, 0) is 47.1 Å². The van der Waals surface area contributed by atoms with Gasteiger partial charge in [0.2, 0.25) is 0 Å². The first-order chi connectivity index (χ1) is 16.0. The van der Waals surface area contributed by atoms with Gasteiger partial charge in [0.15, 0.2) is 0 Å². The molecule has 0 radical (unpaired) electrons. The minimum atomic E-state index is -0.626. The second-order valence-corrected chi connectivity index (χ2v) is 9.91. The number of amides is 2. The summed E-state index contributed by atoms with van der Waals surface area (Å²) in [5, 5.41) is 2.95. The fraction of sp³-hybridized carbons (Fsp3) is 0.429. The van der Waals surface area contributed by atoms with Crippen LogP contribution in [0.5, 0.6) is 5.75 Å². The molecular weight excluding hydrogens is 428 g/mol. The maximum absolute atomic E-state index is 13.1. The van der Waals surface area contributed by atoms with Gasteiger partial charge in [0.05, 0.1) is 23.9 Å². The summed E-state index contributed by atoms with van der Waals surface area (Å²) >= 11 is 0. The summed E-state index contributed by atoms with van der Waals surface area (Å²) in [5.41, 5.74) is 4.07. The van der Waals surface area contributed by atoms with Gasteiger partial charge in [0, 0.05) is 7.05 Å². The van der Waals surface area contributed by atoms with Crippen LogP contribution in [-0.4, -0.2) is 37.2 Å². The van der Waals surface area contributed by atoms with E-state index in [2.05, 4.69) is 39.9 Å². The maximum atomic E-state index is 13.1. The highest BCUT2D eigenvalue weighted by atomic mass is 16.5. The minimum Gasteiger partial charge on any atom is -0.487 e. The van der Waals surface area contributed by atoms with Gasteiger partial charge >= 0.3 is 12.0 Å². The molecule has 0 aromatic heterocycles. The summed E-state index contributed by atoms with van der Waals surface area (Å²) in [4.78, 5) is 27.4. The first kappa shape index (κ1) is 25.3. The van der Waals surface area contributed by atoms with E-state index >= 15 is 0 Å². The summed E-state index contributed by atoms with van der Waals surface area (Å²) in [6.45, 7) is 12.8. The van der Waals surface area contributed by atoms with E-state index in [1.54, 1.807) is 14.0 Å². The van der Waals surface area contributed by atoms with Crippen molar-refractivity contribution in [2.45, 2.75) is 58.9 Å². The van der Waals surface area contributed by atoms with E-state index in [0.29, 0.717) is 22.9 Å². The summed E-state index contributed by atoms with van der Waals surface area (Å²) in [5.74, 6) is 0.629. The standard InChI is InChI=1S/C28H36N2O4/c1-8-33-26(31)24-23(17-34-22-15-11-19(12-16-22)18(2)3)30(7)27(32)29-25(24)20-9-13-21(14-10-20)28(4,5)6/h9-16,18,25H,8,17H2,1-7H3,(H,29,32). The fourth-order valence-electron chi connectivity index (χ4n) is 3.91. The van der Waals surface area contributed by atoms with Crippen molar-refractivity contribution in [1.82, 2.24) is 10.2 Å². The van der Waals surface area contributed by atoms with Gasteiger partial charge in [-0.2, -0.15) is 0 Å². The number of nitrogens with zero attached hydrogens (tertiary/aromatic N) is 1. The van der Waals surface area contributed by atoms with E-state index < -0.39 is 12.0 Å². The molecular formula is C28H36N2O4. The predicted molar refractivity (Wildman–Crippen MR) is 134 cm³/mol. The van der Waals surface area contributed by atoms with Crippen LogP contribution in [-0.2, 0) is 14.9 Å². The molecule has 6 heteroatoms. The normalized spacial score (nSPS) is 16.5. The van der Waals surface area contributed by atoms with Crippen LogP contribution in [0.15, 0.2) is 59.8 Å². The van der Waals surface area contributed by atoms with E-state index in [-0.39, 0.29) is 24.7 Å². The molecule has 1 aliphatic heterocycles. The quantitative estimate of drug-likeness (QED) is 0.534. The third-order valence-corrected chi connectivity index (χ3v) is 6.10. The lowest BCUT2D eigenvalue weighted by molar-refractivity contribution is -0.139. The van der Waals surface area contributed by atoms with Crippen molar-refractivity contribution < 1.29 is 19.1 Å².